The molecule has 0 bridgehead atoms. The van der Waals surface area contributed by atoms with Crippen LogP contribution in [0.1, 0.15) is 126 Å². The lowest BCUT2D eigenvalue weighted by molar-refractivity contribution is 0.956. The zero-order valence-electron chi connectivity index (χ0n) is 25.6. The van der Waals surface area contributed by atoms with Gasteiger partial charge in [-0.1, -0.05) is 55.4 Å². The lowest BCUT2D eigenvalue weighted by Crippen LogP contribution is -1.98. The molecule has 0 spiro atoms. The van der Waals surface area contributed by atoms with Crippen LogP contribution in [0.25, 0.3) is 12.2 Å². The summed E-state index contributed by atoms with van der Waals surface area (Å²) in [4.78, 5) is 17.3. The molecule has 208 valence electrons. The number of nitrogens with one attached hydrogen (secondary N) is 2. The van der Waals surface area contributed by atoms with Gasteiger partial charge in [0.2, 0.25) is 0 Å². The van der Waals surface area contributed by atoms with Crippen LogP contribution in [0.15, 0.2) is 43.7 Å². The molecule has 39 heavy (non-hydrogen) atoms. The fourth-order valence-electron chi connectivity index (χ4n) is 6.59. The molecule has 0 atom stereocenters. The molecule has 4 heteroatoms. The first-order chi connectivity index (χ1) is 19.0. The summed E-state index contributed by atoms with van der Waals surface area (Å²) in [5.74, 6) is 0. The molecule has 0 amide bonds. The number of allylic oxidation sites excluding steroid dienone is 4. The van der Waals surface area contributed by atoms with Gasteiger partial charge in [0.05, 0.1) is 11.4 Å². The summed E-state index contributed by atoms with van der Waals surface area (Å²) < 4.78 is 0. The molecule has 0 aliphatic carbocycles. The third-order valence-electron chi connectivity index (χ3n) is 8.59. The minimum atomic E-state index is 0.887. The molecule has 0 unspecified atom stereocenters. The van der Waals surface area contributed by atoms with Crippen molar-refractivity contribution in [3.8, 4) is 0 Å². The summed E-state index contributed by atoms with van der Waals surface area (Å²) in [6, 6.07) is 0. The van der Waals surface area contributed by atoms with Gasteiger partial charge in [-0.15, -0.1) is 0 Å². The molecule has 0 saturated carbocycles. The number of rotatable bonds is 12. The van der Waals surface area contributed by atoms with Crippen molar-refractivity contribution < 1.29 is 0 Å². The minimum absolute atomic E-state index is 0.887. The van der Waals surface area contributed by atoms with Crippen molar-refractivity contribution in [2.75, 3.05) is 0 Å². The predicted molar refractivity (Wildman–Crippen MR) is 170 cm³/mol. The summed E-state index contributed by atoms with van der Waals surface area (Å²) in [6.45, 7) is 18.0. The normalized spacial score (nSPS) is 17.3. The molecule has 2 aromatic heterocycles. The maximum absolute atomic E-state index is 4.80. The van der Waals surface area contributed by atoms with Gasteiger partial charge < -0.3 is 9.97 Å². The molecule has 2 aliphatic heterocycles. The standard InChI is InChI=1S/C35H48N4/c1-9-22-20-36-30(24(22)11-3)17-32-26(13-5)28(15-7)34(38-32)19-35-29(16-8)27(14-6)33(39-35)18-31-25(12-4)23(10-2)21-37-31/h17-18,20-21,38-39H,9-16,19H2,1-8H3/b30-17-,31-18-. The van der Waals surface area contributed by atoms with E-state index in [9.17, 15) is 0 Å². The number of H-pyrrole nitrogens is 2. The van der Waals surface area contributed by atoms with Crippen LogP contribution in [-0.4, -0.2) is 22.4 Å². The van der Waals surface area contributed by atoms with Gasteiger partial charge in [0.1, 0.15) is 0 Å². The molecule has 0 aromatic carbocycles. The average Bonchev–Trinajstić information content (AvgIpc) is 3.70. The summed E-state index contributed by atoms with van der Waals surface area (Å²) in [6.07, 6.45) is 17.8. The van der Waals surface area contributed by atoms with Crippen LogP contribution in [0, 0.1) is 0 Å². The van der Waals surface area contributed by atoms with Gasteiger partial charge in [-0.3, -0.25) is 9.98 Å². The van der Waals surface area contributed by atoms with Crippen LogP contribution in [0.3, 0.4) is 0 Å². The van der Waals surface area contributed by atoms with Crippen molar-refractivity contribution in [2.45, 2.75) is 113 Å². The quantitative estimate of drug-likeness (QED) is 0.278. The fourth-order valence-corrected chi connectivity index (χ4v) is 6.59. The second kappa shape index (κ2) is 12.8. The lowest BCUT2D eigenvalue weighted by Gasteiger charge is -2.06. The van der Waals surface area contributed by atoms with E-state index >= 15 is 0 Å². The van der Waals surface area contributed by atoms with Crippen LogP contribution >= 0.6 is 0 Å². The van der Waals surface area contributed by atoms with Crippen LogP contribution in [-0.2, 0) is 32.1 Å². The van der Waals surface area contributed by atoms with Gasteiger partial charge in [-0.25, -0.2) is 0 Å². The molecule has 4 rings (SSSR count). The predicted octanol–water partition coefficient (Wildman–Crippen LogP) is 9.27. The topological polar surface area (TPSA) is 56.3 Å². The van der Waals surface area contributed by atoms with Crippen LogP contribution < -0.4 is 0 Å². The Morgan fingerprint density at radius 2 is 0.897 bits per heavy atom. The van der Waals surface area contributed by atoms with Gasteiger partial charge in [0.15, 0.2) is 0 Å². The number of aromatic nitrogens is 2. The van der Waals surface area contributed by atoms with Gasteiger partial charge in [0, 0.05) is 41.6 Å². The average molecular weight is 525 g/mol. The highest BCUT2D eigenvalue weighted by atomic mass is 14.8. The highest BCUT2D eigenvalue weighted by Gasteiger charge is 2.21. The second-order valence-electron chi connectivity index (χ2n) is 10.5. The summed E-state index contributed by atoms with van der Waals surface area (Å²) >= 11 is 0. The Kier molecular flexibility index (Phi) is 9.48. The van der Waals surface area contributed by atoms with Crippen molar-refractivity contribution in [1.29, 1.82) is 0 Å². The number of hydrogen-bond acceptors (Lipinski definition) is 2. The first kappa shape index (κ1) is 28.9. The van der Waals surface area contributed by atoms with E-state index in [1.807, 2.05) is 0 Å². The SMILES string of the molecule is CCC1=C(CC)/C(=C/c2[nH]c(Cc3[nH]c(/C=C4\N=CC(CC)=C4CC)c(CC)c3CC)c(CC)c2CC)N=C1. The van der Waals surface area contributed by atoms with Gasteiger partial charge in [0.25, 0.3) is 0 Å². The molecule has 2 aliphatic rings. The Labute approximate surface area is 236 Å². The highest BCUT2D eigenvalue weighted by molar-refractivity contribution is 5.89. The Morgan fingerprint density at radius 3 is 1.21 bits per heavy atom. The van der Waals surface area contributed by atoms with Crippen LogP contribution in [0.5, 0.6) is 0 Å². The molecule has 4 heterocycles. The van der Waals surface area contributed by atoms with Crippen molar-refractivity contribution in [3.63, 3.8) is 0 Å². The van der Waals surface area contributed by atoms with E-state index in [-0.39, 0.29) is 0 Å². The molecular weight excluding hydrogens is 476 g/mol. The molecule has 0 fully saturated rings. The molecule has 0 saturated heterocycles. The first-order valence-electron chi connectivity index (χ1n) is 15.4. The van der Waals surface area contributed by atoms with E-state index in [2.05, 4.69) is 89.9 Å². The third-order valence-corrected chi connectivity index (χ3v) is 8.59. The summed E-state index contributed by atoms with van der Waals surface area (Å²) in [5, 5.41) is 0. The smallest absolute Gasteiger partial charge is 0.0685 e. The first-order valence-corrected chi connectivity index (χ1v) is 15.4. The number of nitrogens with zero attached hydrogens (tertiary/aromatic N) is 2. The number of aromatic amines is 2. The molecule has 4 nitrogen and oxygen atoms in total. The number of aliphatic imine (C=N–C) groups is 2. The maximum atomic E-state index is 4.80. The van der Waals surface area contributed by atoms with E-state index < -0.39 is 0 Å². The molecule has 2 N–H and O–H groups in total. The Bertz CT molecular complexity index is 1290. The number of hydrogen-bond donors (Lipinski definition) is 2. The monoisotopic (exact) mass is 524 g/mol. The summed E-state index contributed by atoms with van der Waals surface area (Å²) in [5.41, 5.74) is 18.7. The van der Waals surface area contributed by atoms with Gasteiger partial charge in [-0.2, -0.15) is 0 Å². The van der Waals surface area contributed by atoms with E-state index in [0.29, 0.717) is 0 Å². The van der Waals surface area contributed by atoms with E-state index in [4.69, 9.17) is 9.98 Å². The van der Waals surface area contributed by atoms with Crippen molar-refractivity contribution >= 4 is 24.6 Å². The Morgan fingerprint density at radius 1 is 0.513 bits per heavy atom. The molecular formula is C35H48N4. The minimum Gasteiger partial charge on any atom is -0.358 e. The van der Waals surface area contributed by atoms with E-state index in [0.717, 1.165) is 69.2 Å². The van der Waals surface area contributed by atoms with Gasteiger partial charge in [-0.05, 0) is 108 Å². The van der Waals surface area contributed by atoms with Gasteiger partial charge >= 0.3 is 0 Å². The van der Waals surface area contributed by atoms with Crippen LogP contribution in [0.2, 0.25) is 0 Å². The Balaban J connectivity index is 1.76. The van der Waals surface area contributed by atoms with E-state index in [1.165, 1.54) is 67.3 Å². The fraction of sp³-hybridized carbons (Fsp3) is 0.486. The lowest BCUT2D eigenvalue weighted by atomic mass is 9.97. The van der Waals surface area contributed by atoms with Crippen molar-refractivity contribution in [1.82, 2.24) is 9.97 Å². The second-order valence-corrected chi connectivity index (χ2v) is 10.5. The highest BCUT2D eigenvalue weighted by Crippen LogP contribution is 2.34. The summed E-state index contributed by atoms with van der Waals surface area (Å²) in [7, 11) is 0. The van der Waals surface area contributed by atoms with Crippen molar-refractivity contribution in [3.05, 3.63) is 78.7 Å². The van der Waals surface area contributed by atoms with Crippen molar-refractivity contribution in [2.24, 2.45) is 9.98 Å². The maximum Gasteiger partial charge on any atom is 0.0685 e. The zero-order valence-corrected chi connectivity index (χ0v) is 25.6. The Hall–Kier alpha value is -3.14. The van der Waals surface area contributed by atoms with Crippen LogP contribution in [0.4, 0.5) is 0 Å². The molecule has 2 aromatic rings. The molecule has 0 radical (unpaired) electrons. The van der Waals surface area contributed by atoms with E-state index in [1.54, 1.807) is 0 Å². The third kappa shape index (κ3) is 5.48. The zero-order chi connectivity index (χ0) is 28.1. The largest absolute Gasteiger partial charge is 0.358 e.